The maximum Gasteiger partial charge on any atom is 0.260 e. The number of fused-ring (bicyclic) bond motifs is 1. The zero-order valence-corrected chi connectivity index (χ0v) is 13.6. The molecule has 2 aromatic heterocycles. The first kappa shape index (κ1) is 14.3. The minimum Gasteiger partial charge on any atom is -0.313 e. The molecule has 0 spiro atoms. The SMILES string of the molecule is CC(C)(C)c1sc2nc[nH]c(=O)c2c1-c1cccc(Cl)c1. The summed E-state index contributed by atoms with van der Waals surface area (Å²) in [5.41, 5.74) is 1.72. The van der Waals surface area contributed by atoms with Crippen molar-refractivity contribution in [3.8, 4) is 11.1 Å². The van der Waals surface area contributed by atoms with Gasteiger partial charge in [0.15, 0.2) is 0 Å². The van der Waals surface area contributed by atoms with Crippen LogP contribution in [0.15, 0.2) is 35.4 Å². The van der Waals surface area contributed by atoms with Crippen molar-refractivity contribution in [2.45, 2.75) is 26.2 Å². The normalized spacial score (nSPS) is 12.0. The molecular weight excluding hydrogens is 304 g/mol. The van der Waals surface area contributed by atoms with Gasteiger partial charge in [0.2, 0.25) is 0 Å². The molecule has 0 aliphatic rings. The average molecular weight is 319 g/mol. The molecule has 108 valence electrons. The summed E-state index contributed by atoms with van der Waals surface area (Å²) in [4.78, 5) is 21.2. The van der Waals surface area contributed by atoms with Crippen LogP contribution in [0.25, 0.3) is 21.3 Å². The second-order valence-corrected chi connectivity index (χ2v) is 7.41. The molecule has 0 fully saturated rings. The number of H-pyrrole nitrogens is 1. The zero-order chi connectivity index (χ0) is 15.2. The van der Waals surface area contributed by atoms with Gasteiger partial charge in [0.05, 0.1) is 11.7 Å². The van der Waals surface area contributed by atoms with Crippen LogP contribution in [0.2, 0.25) is 5.02 Å². The smallest absolute Gasteiger partial charge is 0.260 e. The van der Waals surface area contributed by atoms with E-state index in [4.69, 9.17) is 11.6 Å². The van der Waals surface area contributed by atoms with Crippen LogP contribution in [-0.4, -0.2) is 9.97 Å². The lowest BCUT2D eigenvalue weighted by Gasteiger charge is -2.19. The summed E-state index contributed by atoms with van der Waals surface area (Å²) in [5.74, 6) is 0. The zero-order valence-electron chi connectivity index (χ0n) is 12.0. The first-order valence-electron chi connectivity index (χ1n) is 6.64. The monoisotopic (exact) mass is 318 g/mol. The maximum atomic E-state index is 12.3. The summed E-state index contributed by atoms with van der Waals surface area (Å²) in [6, 6.07) is 7.61. The van der Waals surface area contributed by atoms with Gasteiger partial charge >= 0.3 is 0 Å². The summed E-state index contributed by atoms with van der Waals surface area (Å²) < 4.78 is 0. The van der Waals surface area contributed by atoms with Gasteiger partial charge in [-0.15, -0.1) is 11.3 Å². The molecule has 0 atom stereocenters. The Hall–Kier alpha value is -1.65. The van der Waals surface area contributed by atoms with E-state index in [1.54, 1.807) is 11.3 Å². The van der Waals surface area contributed by atoms with E-state index in [0.717, 1.165) is 20.8 Å². The molecule has 0 saturated heterocycles. The number of benzene rings is 1. The summed E-state index contributed by atoms with van der Waals surface area (Å²) >= 11 is 7.69. The second kappa shape index (κ2) is 4.97. The van der Waals surface area contributed by atoms with Crippen LogP contribution in [-0.2, 0) is 5.41 Å². The van der Waals surface area contributed by atoms with E-state index in [9.17, 15) is 4.79 Å². The van der Waals surface area contributed by atoms with Crippen LogP contribution < -0.4 is 5.56 Å². The van der Waals surface area contributed by atoms with Crippen molar-refractivity contribution in [3.63, 3.8) is 0 Å². The van der Waals surface area contributed by atoms with Crippen LogP contribution in [0.1, 0.15) is 25.6 Å². The summed E-state index contributed by atoms with van der Waals surface area (Å²) in [6.07, 6.45) is 1.45. The highest BCUT2D eigenvalue weighted by atomic mass is 35.5. The van der Waals surface area contributed by atoms with Gasteiger partial charge in [-0.25, -0.2) is 4.98 Å². The standard InChI is InChI=1S/C16H15ClN2OS/c1-16(2,3)13-11(9-5-4-6-10(17)7-9)12-14(20)18-8-19-15(12)21-13/h4-8H,1-3H3,(H,18,19,20). The Morgan fingerprint density at radius 1 is 1.29 bits per heavy atom. The number of nitrogens with one attached hydrogen (secondary N) is 1. The topological polar surface area (TPSA) is 45.8 Å². The quantitative estimate of drug-likeness (QED) is 0.712. The van der Waals surface area contributed by atoms with Gasteiger partial charge in [-0.05, 0) is 23.1 Å². The fourth-order valence-corrected chi connectivity index (χ4v) is 3.80. The van der Waals surface area contributed by atoms with Crippen LogP contribution >= 0.6 is 22.9 Å². The van der Waals surface area contributed by atoms with E-state index in [1.165, 1.54) is 6.33 Å². The van der Waals surface area contributed by atoms with Gasteiger partial charge in [-0.2, -0.15) is 0 Å². The van der Waals surface area contributed by atoms with Crippen molar-refractivity contribution in [3.05, 3.63) is 50.8 Å². The lowest BCUT2D eigenvalue weighted by molar-refractivity contribution is 0.606. The fraction of sp³-hybridized carbons (Fsp3) is 0.250. The minimum absolute atomic E-state index is 0.0740. The third-order valence-corrected chi connectivity index (χ3v) is 5.05. The fourth-order valence-electron chi connectivity index (χ4n) is 2.39. The molecule has 1 N–H and O–H groups in total. The Kier molecular flexibility index (Phi) is 3.38. The highest BCUT2D eigenvalue weighted by molar-refractivity contribution is 7.19. The van der Waals surface area contributed by atoms with Gasteiger partial charge in [0.1, 0.15) is 4.83 Å². The van der Waals surface area contributed by atoms with E-state index >= 15 is 0 Å². The van der Waals surface area contributed by atoms with E-state index in [1.807, 2.05) is 24.3 Å². The maximum absolute atomic E-state index is 12.3. The first-order valence-corrected chi connectivity index (χ1v) is 7.84. The summed E-state index contributed by atoms with van der Waals surface area (Å²) in [5, 5.41) is 1.31. The van der Waals surface area contributed by atoms with Crippen LogP contribution in [0.5, 0.6) is 0 Å². The number of aromatic amines is 1. The second-order valence-electron chi connectivity index (χ2n) is 5.98. The highest BCUT2D eigenvalue weighted by Crippen LogP contribution is 2.42. The number of halogens is 1. The van der Waals surface area contributed by atoms with Crippen molar-refractivity contribution in [2.75, 3.05) is 0 Å². The van der Waals surface area contributed by atoms with Crippen LogP contribution in [0, 0.1) is 0 Å². The van der Waals surface area contributed by atoms with E-state index in [2.05, 4.69) is 30.7 Å². The molecule has 0 bridgehead atoms. The Labute approximate surface area is 131 Å². The van der Waals surface area contributed by atoms with E-state index in [0.29, 0.717) is 10.4 Å². The molecule has 0 amide bonds. The predicted molar refractivity (Wildman–Crippen MR) is 89.4 cm³/mol. The van der Waals surface area contributed by atoms with Gasteiger partial charge in [-0.1, -0.05) is 44.5 Å². The molecule has 0 unspecified atom stereocenters. The molecule has 5 heteroatoms. The van der Waals surface area contributed by atoms with E-state index in [-0.39, 0.29) is 11.0 Å². The first-order chi connectivity index (χ1) is 9.88. The number of rotatable bonds is 1. The molecule has 3 rings (SSSR count). The van der Waals surface area contributed by atoms with Gasteiger partial charge in [0.25, 0.3) is 5.56 Å². The molecule has 0 aliphatic heterocycles. The number of hydrogen-bond acceptors (Lipinski definition) is 3. The third kappa shape index (κ3) is 2.49. The van der Waals surface area contributed by atoms with Crippen molar-refractivity contribution in [1.29, 1.82) is 0 Å². The molecule has 0 aliphatic carbocycles. The van der Waals surface area contributed by atoms with Crippen molar-refractivity contribution >= 4 is 33.2 Å². The lowest BCUT2D eigenvalue weighted by Crippen LogP contribution is -2.11. The van der Waals surface area contributed by atoms with Crippen LogP contribution in [0.3, 0.4) is 0 Å². The third-order valence-electron chi connectivity index (χ3n) is 3.29. The molecule has 1 aromatic carbocycles. The Balaban J connectivity index is 2.46. The summed E-state index contributed by atoms with van der Waals surface area (Å²) in [6.45, 7) is 6.42. The largest absolute Gasteiger partial charge is 0.313 e. The average Bonchev–Trinajstić information content (AvgIpc) is 2.79. The molecule has 0 radical (unpaired) electrons. The molecule has 21 heavy (non-hydrogen) atoms. The molecule has 2 heterocycles. The Morgan fingerprint density at radius 3 is 2.71 bits per heavy atom. The van der Waals surface area contributed by atoms with Gasteiger partial charge < -0.3 is 4.98 Å². The predicted octanol–water partition coefficient (Wildman–Crippen LogP) is 4.60. The van der Waals surface area contributed by atoms with Crippen molar-refractivity contribution in [1.82, 2.24) is 9.97 Å². The molecule has 3 aromatic rings. The Bertz CT molecular complexity index is 874. The van der Waals surface area contributed by atoms with E-state index < -0.39 is 0 Å². The number of nitrogens with zero attached hydrogens (tertiary/aromatic N) is 1. The number of aromatic nitrogens is 2. The number of thiophene rings is 1. The Morgan fingerprint density at radius 2 is 2.05 bits per heavy atom. The number of hydrogen-bond donors (Lipinski definition) is 1. The minimum atomic E-state index is -0.110. The van der Waals surface area contributed by atoms with Crippen LogP contribution in [0.4, 0.5) is 0 Å². The molecular formula is C16H15ClN2OS. The van der Waals surface area contributed by atoms with Gasteiger partial charge in [-0.3, -0.25) is 4.79 Å². The summed E-state index contributed by atoms with van der Waals surface area (Å²) in [7, 11) is 0. The van der Waals surface area contributed by atoms with Gasteiger partial charge in [0, 0.05) is 15.5 Å². The highest BCUT2D eigenvalue weighted by Gasteiger charge is 2.26. The van der Waals surface area contributed by atoms with Crippen molar-refractivity contribution < 1.29 is 0 Å². The lowest BCUT2D eigenvalue weighted by atomic mass is 9.88. The molecule has 3 nitrogen and oxygen atoms in total. The molecule has 0 saturated carbocycles. The van der Waals surface area contributed by atoms with Crippen molar-refractivity contribution in [2.24, 2.45) is 0 Å².